The minimum Gasteiger partial charge on any atom is -0.492 e. The zero-order valence-corrected chi connectivity index (χ0v) is 15.4. The lowest BCUT2D eigenvalue weighted by Crippen LogP contribution is -2.34. The third-order valence-electron chi connectivity index (χ3n) is 3.50. The second kappa shape index (κ2) is 10.7. The van der Waals surface area contributed by atoms with Gasteiger partial charge in [-0.25, -0.2) is 0 Å². The van der Waals surface area contributed by atoms with Crippen LogP contribution in [0.2, 0.25) is 0 Å². The maximum absolute atomic E-state index is 5.76. The molecule has 0 aromatic heterocycles. The van der Waals surface area contributed by atoms with Crippen LogP contribution in [-0.2, 0) is 11.3 Å². The van der Waals surface area contributed by atoms with Crippen molar-refractivity contribution in [2.45, 2.75) is 33.6 Å². The van der Waals surface area contributed by atoms with E-state index < -0.39 is 0 Å². The Labute approximate surface area is 151 Å². The number of para-hydroxylation sites is 1. The lowest BCUT2D eigenvalue weighted by molar-refractivity contribution is 0.0970. The highest BCUT2D eigenvalue weighted by Gasteiger charge is 2.03. The molecule has 0 heterocycles. The number of nitrogens with one attached hydrogen (secondary N) is 1. The topological polar surface area (TPSA) is 39.7 Å². The van der Waals surface area contributed by atoms with E-state index in [1.54, 1.807) is 0 Å². The molecule has 1 unspecified atom stereocenters. The van der Waals surface area contributed by atoms with E-state index in [0.717, 1.165) is 23.7 Å². The summed E-state index contributed by atoms with van der Waals surface area (Å²) in [7, 11) is 0. The summed E-state index contributed by atoms with van der Waals surface area (Å²) in [5, 5.41) is 3.28. The van der Waals surface area contributed by atoms with Crippen LogP contribution in [0.4, 0.5) is 0 Å². The van der Waals surface area contributed by atoms with E-state index >= 15 is 0 Å². The molecule has 0 amide bonds. The summed E-state index contributed by atoms with van der Waals surface area (Å²) in [6.45, 7) is 9.02. The van der Waals surface area contributed by atoms with Crippen LogP contribution in [0.1, 0.15) is 26.3 Å². The predicted molar refractivity (Wildman–Crippen MR) is 101 cm³/mol. The molecule has 1 atom stereocenters. The Kier molecular flexibility index (Phi) is 8.29. The molecule has 0 aliphatic rings. The number of hydrogen-bond acceptors (Lipinski definition) is 4. The van der Waals surface area contributed by atoms with Crippen LogP contribution in [0.25, 0.3) is 0 Å². The Morgan fingerprint density at radius 3 is 2.28 bits per heavy atom. The van der Waals surface area contributed by atoms with E-state index in [4.69, 9.17) is 14.2 Å². The lowest BCUT2D eigenvalue weighted by atomic mass is 10.2. The first-order valence-corrected chi connectivity index (χ1v) is 8.88. The van der Waals surface area contributed by atoms with Crippen LogP contribution in [0, 0.1) is 5.92 Å². The van der Waals surface area contributed by atoms with Crippen LogP contribution < -0.4 is 14.8 Å². The molecule has 0 saturated carbocycles. The summed E-state index contributed by atoms with van der Waals surface area (Å²) in [6.07, 6.45) is -0.0634. The zero-order valence-electron chi connectivity index (χ0n) is 15.4. The molecule has 0 aliphatic carbocycles. The number of hydrogen-bond donors (Lipinski definition) is 1. The van der Waals surface area contributed by atoms with Crippen molar-refractivity contribution in [1.82, 2.24) is 5.32 Å². The van der Waals surface area contributed by atoms with Crippen molar-refractivity contribution >= 4 is 0 Å². The monoisotopic (exact) mass is 343 g/mol. The minimum atomic E-state index is -0.0634. The number of benzene rings is 2. The number of rotatable bonds is 11. The first-order valence-electron chi connectivity index (χ1n) is 8.88. The van der Waals surface area contributed by atoms with Crippen LogP contribution in [0.5, 0.6) is 11.5 Å². The zero-order chi connectivity index (χ0) is 17.9. The molecule has 2 rings (SSSR count). The highest BCUT2D eigenvalue weighted by Crippen LogP contribution is 2.13. The maximum atomic E-state index is 5.76. The standard InChI is InChI=1S/C21H29NO3/c1-17(2)15-23-16-19-9-11-20(12-10-19)24-14-13-22-18(3)25-21-7-5-4-6-8-21/h4-12,17-18,22H,13-16H2,1-3H3. The molecule has 0 bridgehead atoms. The molecule has 25 heavy (non-hydrogen) atoms. The predicted octanol–water partition coefficient (Wildman–Crippen LogP) is 4.25. The Bertz CT molecular complexity index is 584. The van der Waals surface area contributed by atoms with Gasteiger partial charge in [-0.1, -0.05) is 44.2 Å². The highest BCUT2D eigenvalue weighted by molar-refractivity contribution is 5.26. The molecule has 0 fully saturated rings. The van der Waals surface area contributed by atoms with Crippen LogP contribution in [0.3, 0.4) is 0 Å². The Balaban J connectivity index is 1.61. The molecular weight excluding hydrogens is 314 g/mol. The largest absolute Gasteiger partial charge is 0.492 e. The fourth-order valence-corrected chi connectivity index (χ4v) is 2.27. The van der Waals surface area contributed by atoms with Gasteiger partial charge in [-0.05, 0) is 42.7 Å². The first-order chi connectivity index (χ1) is 12.1. The van der Waals surface area contributed by atoms with Gasteiger partial charge < -0.3 is 14.2 Å². The second-order valence-corrected chi connectivity index (χ2v) is 6.43. The van der Waals surface area contributed by atoms with E-state index in [1.165, 1.54) is 0 Å². The average Bonchev–Trinajstić information content (AvgIpc) is 2.60. The van der Waals surface area contributed by atoms with Gasteiger partial charge in [0.2, 0.25) is 0 Å². The lowest BCUT2D eigenvalue weighted by Gasteiger charge is -2.16. The van der Waals surface area contributed by atoms with Gasteiger partial charge in [0, 0.05) is 13.2 Å². The van der Waals surface area contributed by atoms with Gasteiger partial charge in [-0.3, -0.25) is 5.32 Å². The van der Waals surface area contributed by atoms with Crippen LogP contribution in [-0.4, -0.2) is 26.0 Å². The third kappa shape index (κ3) is 8.05. The van der Waals surface area contributed by atoms with E-state index in [9.17, 15) is 0 Å². The van der Waals surface area contributed by atoms with Crippen LogP contribution in [0.15, 0.2) is 54.6 Å². The molecule has 0 radical (unpaired) electrons. The summed E-state index contributed by atoms with van der Waals surface area (Å²) in [5.41, 5.74) is 1.16. The molecule has 2 aromatic rings. The smallest absolute Gasteiger partial charge is 0.147 e. The van der Waals surface area contributed by atoms with E-state index in [1.807, 2.05) is 61.5 Å². The normalized spacial score (nSPS) is 12.2. The van der Waals surface area contributed by atoms with Crippen molar-refractivity contribution in [3.8, 4) is 11.5 Å². The van der Waals surface area contributed by atoms with Crippen molar-refractivity contribution in [2.75, 3.05) is 19.8 Å². The van der Waals surface area contributed by atoms with Gasteiger partial charge >= 0.3 is 0 Å². The molecule has 1 N–H and O–H groups in total. The Morgan fingerprint density at radius 1 is 0.880 bits per heavy atom. The number of ether oxygens (including phenoxy) is 3. The van der Waals surface area contributed by atoms with Gasteiger partial charge in [0.1, 0.15) is 24.3 Å². The summed E-state index contributed by atoms with van der Waals surface area (Å²) in [5.74, 6) is 2.29. The summed E-state index contributed by atoms with van der Waals surface area (Å²) < 4.78 is 17.1. The van der Waals surface area contributed by atoms with E-state index in [2.05, 4.69) is 19.2 Å². The van der Waals surface area contributed by atoms with Crippen molar-refractivity contribution in [1.29, 1.82) is 0 Å². The van der Waals surface area contributed by atoms with Crippen molar-refractivity contribution in [3.05, 3.63) is 60.2 Å². The molecular formula is C21H29NO3. The Morgan fingerprint density at radius 2 is 1.60 bits per heavy atom. The minimum absolute atomic E-state index is 0.0634. The summed E-state index contributed by atoms with van der Waals surface area (Å²) in [4.78, 5) is 0. The Hall–Kier alpha value is -2.04. The van der Waals surface area contributed by atoms with Gasteiger partial charge in [-0.15, -0.1) is 0 Å². The van der Waals surface area contributed by atoms with Gasteiger partial charge in [-0.2, -0.15) is 0 Å². The van der Waals surface area contributed by atoms with E-state index in [0.29, 0.717) is 25.7 Å². The van der Waals surface area contributed by atoms with Crippen molar-refractivity contribution in [3.63, 3.8) is 0 Å². The molecule has 0 saturated heterocycles. The highest BCUT2D eigenvalue weighted by atomic mass is 16.5. The molecule has 4 nitrogen and oxygen atoms in total. The average molecular weight is 343 g/mol. The molecule has 4 heteroatoms. The van der Waals surface area contributed by atoms with Crippen LogP contribution >= 0.6 is 0 Å². The second-order valence-electron chi connectivity index (χ2n) is 6.43. The fourth-order valence-electron chi connectivity index (χ4n) is 2.27. The third-order valence-corrected chi connectivity index (χ3v) is 3.50. The molecule has 0 spiro atoms. The maximum Gasteiger partial charge on any atom is 0.147 e. The van der Waals surface area contributed by atoms with Crippen molar-refractivity contribution < 1.29 is 14.2 Å². The van der Waals surface area contributed by atoms with Gasteiger partial charge in [0.05, 0.1) is 6.61 Å². The summed E-state index contributed by atoms with van der Waals surface area (Å²) in [6, 6.07) is 17.8. The van der Waals surface area contributed by atoms with Crippen molar-refractivity contribution in [2.24, 2.45) is 5.92 Å². The quantitative estimate of drug-likeness (QED) is 0.489. The molecule has 0 aliphatic heterocycles. The molecule has 2 aromatic carbocycles. The fraction of sp³-hybridized carbons (Fsp3) is 0.429. The first kappa shape index (κ1) is 19.3. The molecule has 136 valence electrons. The SMILES string of the molecule is CC(C)COCc1ccc(OCCNC(C)Oc2ccccc2)cc1. The van der Waals surface area contributed by atoms with Gasteiger partial charge in [0.25, 0.3) is 0 Å². The summed E-state index contributed by atoms with van der Waals surface area (Å²) >= 11 is 0. The van der Waals surface area contributed by atoms with E-state index in [-0.39, 0.29) is 6.23 Å². The van der Waals surface area contributed by atoms with Gasteiger partial charge in [0.15, 0.2) is 0 Å².